The molecule has 4 aromatic rings. The Labute approximate surface area is 174 Å². The van der Waals surface area contributed by atoms with E-state index in [0.29, 0.717) is 5.82 Å². The normalized spacial score (nSPS) is 15.1. The van der Waals surface area contributed by atoms with Gasteiger partial charge in [-0.25, -0.2) is 9.97 Å². The van der Waals surface area contributed by atoms with Crippen molar-refractivity contribution >= 4 is 16.9 Å². The van der Waals surface area contributed by atoms with E-state index in [1.54, 1.807) is 6.20 Å². The number of nitrogen functional groups attached to an aromatic ring is 1. The van der Waals surface area contributed by atoms with E-state index in [1.807, 2.05) is 29.1 Å². The molecule has 0 saturated carbocycles. The van der Waals surface area contributed by atoms with Crippen LogP contribution in [0, 0.1) is 6.92 Å². The monoisotopic (exact) mass is 403 g/mol. The molecule has 1 fully saturated rings. The number of para-hydroxylation sites is 1. The Kier molecular flexibility index (Phi) is 4.94. The van der Waals surface area contributed by atoms with Crippen molar-refractivity contribution in [2.75, 3.05) is 38.6 Å². The smallest absolute Gasteiger partial charge is 0.142 e. The zero-order chi connectivity index (χ0) is 20.5. The molecule has 8 heteroatoms. The molecular formula is C22H25N7O. The molecule has 1 aromatic carbocycles. The molecule has 0 unspecified atom stereocenters. The van der Waals surface area contributed by atoms with Gasteiger partial charge < -0.3 is 15.5 Å². The van der Waals surface area contributed by atoms with Crippen molar-refractivity contribution in [1.82, 2.24) is 29.6 Å². The molecule has 0 aliphatic carbocycles. The van der Waals surface area contributed by atoms with Gasteiger partial charge in [0.1, 0.15) is 11.6 Å². The Morgan fingerprint density at radius 2 is 2.00 bits per heavy atom. The summed E-state index contributed by atoms with van der Waals surface area (Å²) in [6.07, 6.45) is 5.72. The van der Waals surface area contributed by atoms with Gasteiger partial charge in [0.25, 0.3) is 0 Å². The number of aryl methyl sites for hydroxylation is 1. The Morgan fingerprint density at radius 1 is 1.13 bits per heavy atom. The fourth-order valence-corrected chi connectivity index (χ4v) is 3.83. The van der Waals surface area contributed by atoms with Crippen molar-refractivity contribution in [3.8, 4) is 22.5 Å². The molecule has 4 heterocycles. The lowest BCUT2D eigenvalue weighted by Gasteiger charge is -2.26. The van der Waals surface area contributed by atoms with Gasteiger partial charge in [-0.05, 0) is 24.6 Å². The highest BCUT2D eigenvalue weighted by Crippen LogP contribution is 2.29. The summed E-state index contributed by atoms with van der Waals surface area (Å²) < 4.78 is 7.39. The molecule has 0 bridgehead atoms. The summed E-state index contributed by atoms with van der Waals surface area (Å²) >= 11 is 0. The Bertz CT molecular complexity index is 1170. The summed E-state index contributed by atoms with van der Waals surface area (Å²) in [7, 11) is 0. The molecule has 1 aliphatic heterocycles. The van der Waals surface area contributed by atoms with Crippen LogP contribution in [0.2, 0.25) is 0 Å². The maximum Gasteiger partial charge on any atom is 0.142 e. The van der Waals surface area contributed by atoms with Crippen molar-refractivity contribution in [3.05, 3.63) is 48.4 Å². The van der Waals surface area contributed by atoms with Crippen LogP contribution >= 0.6 is 0 Å². The first-order valence-electron chi connectivity index (χ1n) is 10.2. The summed E-state index contributed by atoms with van der Waals surface area (Å²) in [5.41, 5.74) is 12.1. The number of benzene rings is 1. The fraction of sp³-hybridized carbons (Fsp3) is 0.318. The molecule has 154 valence electrons. The number of ether oxygens (including phenoxy) is 1. The van der Waals surface area contributed by atoms with Gasteiger partial charge >= 0.3 is 0 Å². The number of morpholine rings is 1. The second-order valence-electron chi connectivity index (χ2n) is 7.66. The van der Waals surface area contributed by atoms with Crippen LogP contribution < -0.4 is 5.73 Å². The first kappa shape index (κ1) is 18.8. The van der Waals surface area contributed by atoms with Crippen LogP contribution in [-0.4, -0.2) is 62.5 Å². The third-order valence-corrected chi connectivity index (χ3v) is 5.62. The SMILES string of the molecule is Cc1cccc2nc(-c3cc(-c4cnn(CCN5CCOCC5)c4)cnc3N)[nH]c12. The van der Waals surface area contributed by atoms with Crippen LogP contribution in [0.1, 0.15) is 5.56 Å². The molecule has 1 aliphatic rings. The van der Waals surface area contributed by atoms with Crippen molar-refractivity contribution in [2.24, 2.45) is 0 Å². The highest BCUT2D eigenvalue weighted by molar-refractivity contribution is 5.85. The highest BCUT2D eigenvalue weighted by atomic mass is 16.5. The average molecular weight is 403 g/mol. The van der Waals surface area contributed by atoms with Crippen molar-refractivity contribution in [2.45, 2.75) is 13.5 Å². The Balaban J connectivity index is 1.39. The lowest BCUT2D eigenvalue weighted by Crippen LogP contribution is -2.38. The van der Waals surface area contributed by atoms with E-state index in [0.717, 1.165) is 78.5 Å². The molecule has 0 amide bonds. The van der Waals surface area contributed by atoms with Gasteiger partial charge in [0.2, 0.25) is 0 Å². The predicted molar refractivity (Wildman–Crippen MR) is 117 cm³/mol. The number of rotatable bonds is 5. The van der Waals surface area contributed by atoms with E-state index in [1.165, 1.54) is 0 Å². The number of H-pyrrole nitrogens is 1. The summed E-state index contributed by atoms with van der Waals surface area (Å²) in [6, 6.07) is 8.09. The number of imidazole rings is 1. The topological polar surface area (TPSA) is 97.9 Å². The van der Waals surface area contributed by atoms with Gasteiger partial charge in [0.05, 0.1) is 42.6 Å². The number of nitrogens with zero attached hydrogens (tertiary/aromatic N) is 5. The standard InChI is InChI=1S/C22H25N7O/c1-15-3-2-4-19-20(15)27-22(26-19)18-11-16(12-24-21(18)23)17-13-25-29(14-17)6-5-28-7-9-30-10-8-28/h2-4,11-14H,5-10H2,1H3,(H2,23,24)(H,26,27). The third-order valence-electron chi connectivity index (χ3n) is 5.62. The van der Waals surface area contributed by atoms with Crippen LogP contribution in [0.3, 0.4) is 0 Å². The zero-order valence-electron chi connectivity index (χ0n) is 17.0. The number of pyridine rings is 1. The average Bonchev–Trinajstić information content (AvgIpc) is 3.41. The van der Waals surface area contributed by atoms with E-state index in [2.05, 4.69) is 39.2 Å². The first-order valence-corrected chi connectivity index (χ1v) is 10.2. The molecular weight excluding hydrogens is 378 g/mol. The van der Waals surface area contributed by atoms with E-state index < -0.39 is 0 Å². The minimum atomic E-state index is 0.454. The van der Waals surface area contributed by atoms with Gasteiger partial charge in [0, 0.05) is 43.2 Å². The van der Waals surface area contributed by atoms with Gasteiger partial charge in [-0.1, -0.05) is 12.1 Å². The molecule has 30 heavy (non-hydrogen) atoms. The third kappa shape index (κ3) is 3.67. The second-order valence-corrected chi connectivity index (χ2v) is 7.66. The highest BCUT2D eigenvalue weighted by Gasteiger charge is 2.14. The number of anilines is 1. The molecule has 8 nitrogen and oxygen atoms in total. The van der Waals surface area contributed by atoms with Crippen LogP contribution in [0.25, 0.3) is 33.5 Å². The van der Waals surface area contributed by atoms with Gasteiger partial charge in [0.15, 0.2) is 0 Å². The molecule has 5 rings (SSSR count). The van der Waals surface area contributed by atoms with Gasteiger partial charge in [-0.3, -0.25) is 9.58 Å². The van der Waals surface area contributed by atoms with Crippen molar-refractivity contribution in [3.63, 3.8) is 0 Å². The second kappa shape index (κ2) is 7.89. The molecule has 3 N–H and O–H groups in total. The lowest BCUT2D eigenvalue weighted by atomic mass is 10.1. The number of hydrogen-bond donors (Lipinski definition) is 2. The van der Waals surface area contributed by atoms with E-state index in [9.17, 15) is 0 Å². The van der Waals surface area contributed by atoms with E-state index in [4.69, 9.17) is 15.5 Å². The quantitative estimate of drug-likeness (QED) is 0.532. The lowest BCUT2D eigenvalue weighted by molar-refractivity contribution is 0.0360. The summed E-state index contributed by atoms with van der Waals surface area (Å²) in [4.78, 5) is 14.9. The summed E-state index contributed by atoms with van der Waals surface area (Å²) in [5, 5.41) is 4.52. The van der Waals surface area contributed by atoms with Crippen LogP contribution in [0.5, 0.6) is 0 Å². The maximum absolute atomic E-state index is 6.19. The van der Waals surface area contributed by atoms with Crippen LogP contribution in [0.15, 0.2) is 42.9 Å². The van der Waals surface area contributed by atoms with E-state index >= 15 is 0 Å². The minimum absolute atomic E-state index is 0.454. The van der Waals surface area contributed by atoms with Gasteiger partial charge in [-0.2, -0.15) is 5.10 Å². The van der Waals surface area contributed by atoms with Crippen molar-refractivity contribution in [1.29, 1.82) is 0 Å². The van der Waals surface area contributed by atoms with Gasteiger partial charge in [-0.15, -0.1) is 0 Å². The Morgan fingerprint density at radius 3 is 2.83 bits per heavy atom. The zero-order valence-corrected chi connectivity index (χ0v) is 17.0. The molecule has 0 radical (unpaired) electrons. The number of nitrogens with two attached hydrogens (primary N) is 1. The molecule has 1 saturated heterocycles. The molecule has 0 atom stereocenters. The first-order chi connectivity index (χ1) is 14.7. The Hall–Kier alpha value is -3.23. The number of aromatic nitrogens is 5. The maximum atomic E-state index is 6.19. The largest absolute Gasteiger partial charge is 0.383 e. The number of aromatic amines is 1. The minimum Gasteiger partial charge on any atom is -0.383 e. The number of hydrogen-bond acceptors (Lipinski definition) is 6. The van der Waals surface area contributed by atoms with Crippen molar-refractivity contribution < 1.29 is 4.74 Å². The van der Waals surface area contributed by atoms with Crippen LogP contribution in [-0.2, 0) is 11.3 Å². The van der Waals surface area contributed by atoms with Crippen LogP contribution in [0.4, 0.5) is 5.82 Å². The number of fused-ring (bicyclic) bond motifs is 1. The fourth-order valence-electron chi connectivity index (χ4n) is 3.83. The number of nitrogens with one attached hydrogen (secondary N) is 1. The predicted octanol–water partition coefficient (Wildman–Crippen LogP) is 2.71. The van der Waals surface area contributed by atoms with E-state index in [-0.39, 0.29) is 0 Å². The molecule has 3 aromatic heterocycles. The summed E-state index contributed by atoms with van der Waals surface area (Å²) in [6.45, 7) is 7.46. The summed E-state index contributed by atoms with van der Waals surface area (Å²) in [5.74, 6) is 1.18. The molecule has 0 spiro atoms.